The molecule has 0 amide bonds. The fourth-order valence-electron chi connectivity index (χ4n) is 0.715. The van der Waals surface area contributed by atoms with Crippen LogP contribution in [-0.4, -0.2) is 56.6 Å². The number of nitrogens with zero attached hydrogens (tertiary/aromatic N) is 1. The van der Waals surface area contributed by atoms with Crippen molar-refractivity contribution < 1.29 is 9.90 Å². The summed E-state index contributed by atoms with van der Waals surface area (Å²) in [5, 5.41) is 8.42. The van der Waals surface area contributed by atoms with Gasteiger partial charge in [0.25, 0.3) is 0 Å². The molecule has 0 bridgehead atoms. The third-order valence-corrected chi connectivity index (χ3v) is 1.30. The summed E-state index contributed by atoms with van der Waals surface area (Å²) in [5.41, 5.74) is 5.92. The molecule has 1 aromatic heterocycles. The maximum Gasteiger partial charge on any atom is 0.320 e. The molecule has 5 nitrogen and oxygen atoms in total. The van der Waals surface area contributed by atoms with Gasteiger partial charge in [-0.05, 0) is 0 Å². The molecular weight excluding hydrogens is 169 g/mol. The first-order valence-corrected chi connectivity index (χ1v) is 3.16. The van der Waals surface area contributed by atoms with Crippen LogP contribution in [0, 0.1) is 0 Å². The van der Waals surface area contributed by atoms with Crippen molar-refractivity contribution in [1.29, 1.82) is 0 Å². The number of aromatic nitrogens is 2. The van der Waals surface area contributed by atoms with Crippen LogP contribution in [-0.2, 0) is 11.2 Å². The van der Waals surface area contributed by atoms with Gasteiger partial charge in [-0.1, -0.05) is 0 Å². The molecule has 0 saturated heterocycles. The molecule has 6 heteroatoms. The Morgan fingerprint density at radius 2 is 2.50 bits per heavy atom. The van der Waals surface area contributed by atoms with Gasteiger partial charge in [-0.15, -0.1) is 0 Å². The number of imidazole rings is 1. The summed E-state index contributed by atoms with van der Waals surface area (Å²) in [7, 11) is 0. The molecule has 0 saturated carbocycles. The first-order chi connectivity index (χ1) is 5.20. The zero-order valence-corrected chi connectivity index (χ0v) is 8.82. The Kier molecular flexibility index (Phi) is 5.16. The SMILES string of the molecule is N[C@@H](Cc1c[nH]cn1)C(=O)O.[Na]. The molecule has 0 unspecified atom stereocenters. The van der Waals surface area contributed by atoms with E-state index in [0.29, 0.717) is 5.69 Å². The Hall–Kier alpha value is -0.360. The van der Waals surface area contributed by atoms with Gasteiger partial charge in [0.15, 0.2) is 0 Å². The maximum absolute atomic E-state index is 10.3. The number of nitrogens with two attached hydrogens (primary N) is 1. The molecule has 1 aromatic rings. The summed E-state index contributed by atoms with van der Waals surface area (Å²) in [5.74, 6) is -1.01. The minimum Gasteiger partial charge on any atom is -0.480 e. The Morgan fingerprint density at radius 1 is 1.83 bits per heavy atom. The van der Waals surface area contributed by atoms with Gasteiger partial charge in [0.1, 0.15) is 6.04 Å². The van der Waals surface area contributed by atoms with Crippen LogP contribution in [0.4, 0.5) is 0 Å². The van der Waals surface area contributed by atoms with Crippen molar-refractivity contribution in [3.05, 3.63) is 18.2 Å². The standard InChI is InChI=1S/C6H9N3O2.Na/c7-5(6(10)11)1-4-2-8-3-9-4;/h2-3,5H,1,7H2,(H,8,9)(H,10,11);/t5-;/m0./s1. The number of aromatic amines is 1. The van der Waals surface area contributed by atoms with E-state index >= 15 is 0 Å². The molecule has 61 valence electrons. The van der Waals surface area contributed by atoms with Crippen molar-refractivity contribution in [1.82, 2.24) is 9.97 Å². The van der Waals surface area contributed by atoms with Crippen LogP contribution in [0.3, 0.4) is 0 Å². The van der Waals surface area contributed by atoms with E-state index in [9.17, 15) is 4.79 Å². The minimum absolute atomic E-state index is 0. The molecule has 12 heavy (non-hydrogen) atoms. The number of carboxylic acids is 1. The fourth-order valence-corrected chi connectivity index (χ4v) is 0.715. The molecule has 1 rings (SSSR count). The molecule has 1 heterocycles. The van der Waals surface area contributed by atoms with Gasteiger partial charge in [0.05, 0.1) is 12.0 Å². The summed E-state index contributed by atoms with van der Waals surface area (Å²) in [6, 6.07) is -0.863. The van der Waals surface area contributed by atoms with Crippen molar-refractivity contribution in [2.45, 2.75) is 12.5 Å². The quantitative estimate of drug-likeness (QED) is 0.517. The number of hydrogen-bond acceptors (Lipinski definition) is 3. The summed E-state index contributed by atoms with van der Waals surface area (Å²) in [6.45, 7) is 0. The number of carbonyl (C=O) groups is 1. The van der Waals surface area contributed by atoms with Gasteiger partial charge in [-0.3, -0.25) is 4.79 Å². The fraction of sp³-hybridized carbons (Fsp3) is 0.333. The average Bonchev–Trinajstić information content (AvgIpc) is 2.39. The molecule has 0 aliphatic carbocycles. The van der Waals surface area contributed by atoms with Gasteiger partial charge in [-0.25, -0.2) is 4.98 Å². The van der Waals surface area contributed by atoms with Gasteiger partial charge >= 0.3 is 5.97 Å². The molecule has 4 N–H and O–H groups in total. The van der Waals surface area contributed by atoms with Gasteiger partial charge in [0.2, 0.25) is 0 Å². The van der Waals surface area contributed by atoms with E-state index in [1.165, 1.54) is 6.33 Å². The van der Waals surface area contributed by atoms with Crippen LogP contribution in [0.2, 0.25) is 0 Å². The van der Waals surface area contributed by atoms with Crippen molar-refractivity contribution in [3.8, 4) is 0 Å². The van der Waals surface area contributed by atoms with E-state index in [2.05, 4.69) is 9.97 Å². The van der Waals surface area contributed by atoms with E-state index < -0.39 is 12.0 Å². The van der Waals surface area contributed by atoms with Crippen molar-refractivity contribution in [3.63, 3.8) is 0 Å². The zero-order valence-electron chi connectivity index (χ0n) is 6.82. The second-order valence-electron chi connectivity index (χ2n) is 2.21. The molecule has 1 radical (unpaired) electrons. The summed E-state index contributed by atoms with van der Waals surface area (Å²) in [4.78, 5) is 16.8. The van der Waals surface area contributed by atoms with E-state index in [4.69, 9.17) is 10.8 Å². The minimum atomic E-state index is -1.01. The molecule has 0 spiro atoms. The van der Waals surface area contributed by atoms with E-state index in [1.54, 1.807) is 6.20 Å². The molecule has 0 fully saturated rings. The second-order valence-corrected chi connectivity index (χ2v) is 2.21. The number of hydrogen-bond donors (Lipinski definition) is 3. The topological polar surface area (TPSA) is 92.0 Å². The Bertz CT molecular complexity index is 237. The number of rotatable bonds is 3. The monoisotopic (exact) mass is 178 g/mol. The number of nitrogens with one attached hydrogen (secondary N) is 1. The molecule has 0 aliphatic heterocycles. The van der Waals surface area contributed by atoms with Crippen molar-refractivity contribution in [2.24, 2.45) is 5.73 Å². The van der Waals surface area contributed by atoms with Crippen LogP contribution >= 0.6 is 0 Å². The Morgan fingerprint density at radius 3 is 2.92 bits per heavy atom. The van der Waals surface area contributed by atoms with Gasteiger partial charge < -0.3 is 15.8 Å². The smallest absolute Gasteiger partial charge is 0.320 e. The maximum atomic E-state index is 10.3. The number of H-pyrrole nitrogens is 1. The molecular formula is C6H9N3NaO2. The van der Waals surface area contributed by atoms with Gasteiger partial charge in [0, 0.05) is 42.2 Å². The Balaban J connectivity index is 0.00000121. The third-order valence-electron chi connectivity index (χ3n) is 1.30. The van der Waals surface area contributed by atoms with Gasteiger partial charge in [-0.2, -0.15) is 0 Å². The summed E-state index contributed by atoms with van der Waals surface area (Å²) >= 11 is 0. The van der Waals surface area contributed by atoms with Crippen molar-refractivity contribution in [2.75, 3.05) is 0 Å². The first kappa shape index (κ1) is 11.6. The Labute approximate surface area is 91.7 Å². The predicted molar refractivity (Wildman–Crippen MR) is 43.7 cm³/mol. The van der Waals surface area contributed by atoms with E-state index in [1.807, 2.05) is 0 Å². The normalized spacial score (nSPS) is 11.8. The van der Waals surface area contributed by atoms with E-state index in [0.717, 1.165) is 0 Å². The molecule has 1 atom stereocenters. The average molecular weight is 178 g/mol. The zero-order chi connectivity index (χ0) is 8.27. The first-order valence-electron chi connectivity index (χ1n) is 3.16. The van der Waals surface area contributed by atoms with Crippen LogP contribution in [0.5, 0.6) is 0 Å². The van der Waals surface area contributed by atoms with Crippen LogP contribution in [0.25, 0.3) is 0 Å². The molecule has 0 aromatic carbocycles. The largest absolute Gasteiger partial charge is 0.480 e. The third kappa shape index (κ3) is 3.36. The van der Waals surface area contributed by atoms with Crippen LogP contribution in [0.1, 0.15) is 5.69 Å². The van der Waals surface area contributed by atoms with Crippen LogP contribution < -0.4 is 5.73 Å². The summed E-state index contributed by atoms with van der Waals surface area (Å²) < 4.78 is 0. The molecule has 0 aliphatic rings. The number of carboxylic acid groups (broad SMARTS) is 1. The van der Waals surface area contributed by atoms with E-state index in [-0.39, 0.29) is 36.0 Å². The number of aliphatic carboxylic acids is 1. The second kappa shape index (κ2) is 5.31. The summed E-state index contributed by atoms with van der Waals surface area (Å²) in [6.07, 6.45) is 3.38. The van der Waals surface area contributed by atoms with Crippen LogP contribution in [0.15, 0.2) is 12.5 Å². The predicted octanol–water partition coefficient (Wildman–Crippen LogP) is -1.02. The van der Waals surface area contributed by atoms with Crippen molar-refractivity contribution >= 4 is 35.5 Å².